The summed E-state index contributed by atoms with van der Waals surface area (Å²) in [6.45, 7) is 6.55. The van der Waals surface area contributed by atoms with E-state index in [1.54, 1.807) is 14.2 Å². The van der Waals surface area contributed by atoms with Crippen LogP contribution in [0.25, 0.3) is 0 Å². The molecule has 1 atom stereocenters. The molecule has 0 saturated heterocycles. The molecule has 16 heavy (non-hydrogen) atoms. The number of ether oxygens (including phenoxy) is 2. The predicted octanol–water partition coefficient (Wildman–Crippen LogP) is 2.37. The Balaban J connectivity index is 2.74. The van der Waals surface area contributed by atoms with Gasteiger partial charge in [0.1, 0.15) is 11.5 Å². The second-order valence-electron chi connectivity index (χ2n) is 3.63. The molecule has 1 aromatic carbocycles. The maximum absolute atomic E-state index is 5.20. The zero-order valence-electron chi connectivity index (χ0n) is 10.1. The van der Waals surface area contributed by atoms with E-state index in [4.69, 9.17) is 9.47 Å². The van der Waals surface area contributed by atoms with E-state index in [9.17, 15) is 0 Å². The van der Waals surface area contributed by atoms with Crippen molar-refractivity contribution in [2.45, 2.75) is 19.5 Å². The van der Waals surface area contributed by atoms with E-state index < -0.39 is 0 Å². The van der Waals surface area contributed by atoms with Gasteiger partial charge in [-0.2, -0.15) is 0 Å². The third-order valence-electron chi connectivity index (χ3n) is 2.39. The van der Waals surface area contributed by atoms with Crippen molar-refractivity contribution in [1.29, 1.82) is 0 Å². The minimum atomic E-state index is 0.289. The van der Waals surface area contributed by atoms with Gasteiger partial charge in [0.15, 0.2) is 0 Å². The van der Waals surface area contributed by atoms with Crippen LogP contribution >= 0.6 is 0 Å². The molecule has 3 heteroatoms. The van der Waals surface area contributed by atoms with Crippen LogP contribution in [-0.2, 0) is 6.54 Å². The topological polar surface area (TPSA) is 30.5 Å². The average molecular weight is 221 g/mol. The first-order chi connectivity index (χ1) is 7.69. The van der Waals surface area contributed by atoms with Gasteiger partial charge < -0.3 is 14.8 Å². The van der Waals surface area contributed by atoms with Gasteiger partial charge in [-0.25, -0.2) is 0 Å². The highest BCUT2D eigenvalue weighted by molar-refractivity contribution is 5.38. The largest absolute Gasteiger partial charge is 0.497 e. The zero-order chi connectivity index (χ0) is 12.0. The first-order valence-corrected chi connectivity index (χ1v) is 5.27. The maximum atomic E-state index is 5.20. The zero-order valence-corrected chi connectivity index (χ0v) is 10.1. The monoisotopic (exact) mass is 221 g/mol. The van der Waals surface area contributed by atoms with Gasteiger partial charge in [-0.1, -0.05) is 6.08 Å². The molecule has 0 aliphatic heterocycles. The lowest BCUT2D eigenvalue weighted by atomic mass is 10.2. The molecule has 0 aliphatic carbocycles. The summed E-state index contributed by atoms with van der Waals surface area (Å²) in [5.41, 5.74) is 1.13. The SMILES string of the molecule is C=CC(C)NCc1cc(OC)cc(OC)c1. The third kappa shape index (κ3) is 3.59. The van der Waals surface area contributed by atoms with Gasteiger partial charge in [0.05, 0.1) is 14.2 Å². The van der Waals surface area contributed by atoms with Crippen LogP contribution < -0.4 is 14.8 Å². The molecule has 3 nitrogen and oxygen atoms in total. The second kappa shape index (κ2) is 6.18. The number of benzene rings is 1. The molecule has 0 aliphatic rings. The molecule has 88 valence electrons. The molecule has 0 bridgehead atoms. The Bertz CT molecular complexity index is 328. The van der Waals surface area contributed by atoms with Crippen LogP contribution in [0.2, 0.25) is 0 Å². The lowest BCUT2D eigenvalue weighted by Crippen LogP contribution is -2.22. The standard InChI is InChI=1S/C13H19NO2/c1-5-10(2)14-9-11-6-12(15-3)8-13(7-11)16-4/h5-8,10,14H,1,9H2,2-4H3. The molecule has 0 amide bonds. The van der Waals surface area contributed by atoms with Gasteiger partial charge in [0.25, 0.3) is 0 Å². The average Bonchev–Trinajstić information content (AvgIpc) is 2.35. The Morgan fingerprint density at radius 3 is 2.25 bits per heavy atom. The summed E-state index contributed by atoms with van der Waals surface area (Å²) >= 11 is 0. The highest BCUT2D eigenvalue weighted by atomic mass is 16.5. The fourth-order valence-electron chi connectivity index (χ4n) is 1.33. The molecule has 1 aromatic rings. The van der Waals surface area contributed by atoms with Gasteiger partial charge in [0.2, 0.25) is 0 Å². The molecule has 0 fully saturated rings. The van der Waals surface area contributed by atoms with E-state index in [1.165, 1.54) is 0 Å². The van der Waals surface area contributed by atoms with E-state index >= 15 is 0 Å². The maximum Gasteiger partial charge on any atom is 0.122 e. The quantitative estimate of drug-likeness (QED) is 0.748. The molecule has 0 saturated carbocycles. The van der Waals surface area contributed by atoms with Gasteiger partial charge in [-0.15, -0.1) is 6.58 Å². The normalized spacial score (nSPS) is 11.9. The van der Waals surface area contributed by atoms with Crippen molar-refractivity contribution in [3.05, 3.63) is 36.4 Å². The first-order valence-electron chi connectivity index (χ1n) is 5.27. The van der Waals surface area contributed by atoms with Crippen molar-refractivity contribution in [2.75, 3.05) is 14.2 Å². The molecular weight excluding hydrogens is 202 g/mol. The van der Waals surface area contributed by atoms with Crippen LogP contribution in [0.5, 0.6) is 11.5 Å². The van der Waals surface area contributed by atoms with Crippen LogP contribution in [0.15, 0.2) is 30.9 Å². The minimum Gasteiger partial charge on any atom is -0.497 e. The number of hydrogen-bond acceptors (Lipinski definition) is 3. The van der Waals surface area contributed by atoms with Gasteiger partial charge >= 0.3 is 0 Å². The van der Waals surface area contributed by atoms with Gasteiger partial charge in [-0.3, -0.25) is 0 Å². The Morgan fingerprint density at radius 1 is 1.25 bits per heavy atom. The lowest BCUT2D eigenvalue weighted by molar-refractivity contribution is 0.393. The van der Waals surface area contributed by atoms with E-state index in [0.29, 0.717) is 0 Å². The molecule has 0 radical (unpaired) electrons. The Morgan fingerprint density at radius 2 is 1.81 bits per heavy atom. The summed E-state index contributed by atoms with van der Waals surface area (Å²) in [6, 6.07) is 6.13. The number of nitrogens with one attached hydrogen (secondary N) is 1. The fourth-order valence-corrected chi connectivity index (χ4v) is 1.33. The van der Waals surface area contributed by atoms with Crippen molar-refractivity contribution in [3.63, 3.8) is 0 Å². The van der Waals surface area contributed by atoms with Crippen LogP contribution in [0.1, 0.15) is 12.5 Å². The highest BCUT2D eigenvalue weighted by Crippen LogP contribution is 2.22. The van der Waals surface area contributed by atoms with Crippen LogP contribution in [0, 0.1) is 0 Å². The Labute approximate surface area is 97.1 Å². The number of rotatable bonds is 6. The van der Waals surface area contributed by atoms with E-state index in [2.05, 4.69) is 18.8 Å². The van der Waals surface area contributed by atoms with Crippen LogP contribution in [0.4, 0.5) is 0 Å². The second-order valence-corrected chi connectivity index (χ2v) is 3.63. The highest BCUT2D eigenvalue weighted by Gasteiger charge is 2.02. The summed E-state index contributed by atoms with van der Waals surface area (Å²) in [6.07, 6.45) is 1.87. The lowest BCUT2D eigenvalue weighted by Gasteiger charge is -2.11. The van der Waals surface area contributed by atoms with Crippen molar-refractivity contribution in [3.8, 4) is 11.5 Å². The molecular formula is C13H19NO2. The first kappa shape index (κ1) is 12.6. The molecule has 0 spiro atoms. The summed E-state index contributed by atoms with van der Waals surface area (Å²) < 4.78 is 10.4. The van der Waals surface area contributed by atoms with E-state index in [-0.39, 0.29) is 6.04 Å². The molecule has 0 heterocycles. The molecule has 1 N–H and O–H groups in total. The molecule has 1 unspecified atom stereocenters. The van der Waals surface area contributed by atoms with Crippen molar-refractivity contribution >= 4 is 0 Å². The van der Waals surface area contributed by atoms with E-state index in [1.807, 2.05) is 24.3 Å². The number of hydrogen-bond donors (Lipinski definition) is 1. The summed E-state index contributed by atoms with van der Waals surface area (Å²) in [5, 5.41) is 3.32. The third-order valence-corrected chi connectivity index (χ3v) is 2.39. The minimum absolute atomic E-state index is 0.289. The Kier molecular flexibility index (Phi) is 4.86. The van der Waals surface area contributed by atoms with Crippen molar-refractivity contribution < 1.29 is 9.47 Å². The fraction of sp³-hybridized carbons (Fsp3) is 0.385. The smallest absolute Gasteiger partial charge is 0.122 e. The van der Waals surface area contributed by atoms with Crippen LogP contribution in [-0.4, -0.2) is 20.3 Å². The Hall–Kier alpha value is -1.48. The van der Waals surface area contributed by atoms with Gasteiger partial charge in [-0.05, 0) is 24.6 Å². The van der Waals surface area contributed by atoms with E-state index in [0.717, 1.165) is 23.6 Å². The van der Waals surface area contributed by atoms with Crippen molar-refractivity contribution in [2.24, 2.45) is 0 Å². The summed E-state index contributed by atoms with van der Waals surface area (Å²) in [5.74, 6) is 1.62. The summed E-state index contributed by atoms with van der Waals surface area (Å²) in [4.78, 5) is 0. The predicted molar refractivity (Wildman–Crippen MR) is 66.0 cm³/mol. The summed E-state index contributed by atoms with van der Waals surface area (Å²) in [7, 11) is 3.30. The molecule has 0 aromatic heterocycles. The van der Waals surface area contributed by atoms with Crippen molar-refractivity contribution in [1.82, 2.24) is 5.32 Å². The van der Waals surface area contributed by atoms with Gasteiger partial charge in [0, 0.05) is 18.7 Å². The number of methoxy groups -OCH3 is 2. The van der Waals surface area contributed by atoms with Crippen LogP contribution in [0.3, 0.4) is 0 Å². The molecule has 1 rings (SSSR count).